The molecule has 28 heavy (non-hydrogen) atoms. The zero-order valence-corrected chi connectivity index (χ0v) is 16.5. The molecule has 2 amide bonds. The van der Waals surface area contributed by atoms with Gasteiger partial charge in [-0.05, 0) is 87.7 Å². The van der Waals surface area contributed by atoms with Crippen molar-refractivity contribution in [3.63, 3.8) is 0 Å². The van der Waals surface area contributed by atoms with Crippen LogP contribution < -0.4 is 10.6 Å². The predicted octanol–water partition coefficient (Wildman–Crippen LogP) is 1.83. The van der Waals surface area contributed by atoms with Crippen LogP contribution in [-0.4, -0.2) is 60.0 Å². The highest BCUT2D eigenvalue weighted by atomic mass is 16.2. The van der Waals surface area contributed by atoms with Crippen molar-refractivity contribution in [2.45, 2.75) is 62.6 Å². The number of benzene rings is 1. The van der Waals surface area contributed by atoms with Crippen molar-refractivity contribution in [2.24, 2.45) is 5.73 Å². The highest BCUT2D eigenvalue weighted by molar-refractivity contribution is 6.06. The third-order valence-electron chi connectivity index (χ3n) is 7.35. The number of likely N-dealkylation sites (tertiary alicyclic amines) is 1. The Morgan fingerprint density at radius 1 is 1.07 bits per heavy atom. The number of anilines is 1. The summed E-state index contributed by atoms with van der Waals surface area (Å²) in [4.78, 5) is 31.2. The predicted molar refractivity (Wildman–Crippen MR) is 108 cm³/mol. The molecule has 3 aliphatic heterocycles. The minimum atomic E-state index is -0.643. The van der Waals surface area contributed by atoms with Gasteiger partial charge >= 0.3 is 0 Å². The number of carbonyl (C=O) groups excluding carboxylic acids is 2. The Balaban J connectivity index is 1.33. The lowest BCUT2D eigenvalue weighted by Crippen LogP contribution is -2.49. The lowest BCUT2D eigenvalue weighted by Gasteiger charge is -2.27. The molecule has 1 unspecified atom stereocenters. The Morgan fingerprint density at radius 3 is 2.43 bits per heavy atom. The van der Waals surface area contributed by atoms with Crippen LogP contribution in [0, 0.1) is 0 Å². The van der Waals surface area contributed by atoms with Gasteiger partial charge in [-0.2, -0.15) is 0 Å². The number of hydrogen-bond acceptors (Lipinski definition) is 4. The summed E-state index contributed by atoms with van der Waals surface area (Å²) >= 11 is 0. The molecule has 4 fully saturated rings. The van der Waals surface area contributed by atoms with Gasteiger partial charge in [-0.1, -0.05) is 12.1 Å². The van der Waals surface area contributed by atoms with Crippen molar-refractivity contribution in [3.8, 4) is 0 Å². The first-order valence-electron chi connectivity index (χ1n) is 10.8. The van der Waals surface area contributed by atoms with Gasteiger partial charge < -0.3 is 10.6 Å². The number of nitrogens with zero attached hydrogens (tertiary/aromatic N) is 3. The van der Waals surface area contributed by atoms with Crippen LogP contribution in [0.15, 0.2) is 24.3 Å². The van der Waals surface area contributed by atoms with Crippen LogP contribution in [0.2, 0.25) is 0 Å². The van der Waals surface area contributed by atoms with Gasteiger partial charge in [-0.15, -0.1) is 0 Å². The van der Waals surface area contributed by atoms with E-state index < -0.39 is 12.1 Å². The fourth-order valence-electron chi connectivity index (χ4n) is 5.52. The number of carbonyl (C=O) groups is 2. The number of rotatable bonds is 6. The molecular formula is C22H30N4O2. The molecule has 0 radical (unpaired) electrons. The second kappa shape index (κ2) is 6.85. The van der Waals surface area contributed by atoms with E-state index in [1.807, 2.05) is 17.0 Å². The van der Waals surface area contributed by atoms with Crippen LogP contribution in [0.5, 0.6) is 0 Å². The topological polar surface area (TPSA) is 69.9 Å². The van der Waals surface area contributed by atoms with Crippen LogP contribution in [-0.2, 0) is 15.0 Å². The van der Waals surface area contributed by atoms with E-state index in [1.165, 1.54) is 57.3 Å². The van der Waals surface area contributed by atoms with Gasteiger partial charge in [0.1, 0.15) is 0 Å². The lowest BCUT2D eigenvalue weighted by atomic mass is 9.92. The molecular weight excluding hydrogens is 352 g/mol. The highest BCUT2D eigenvalue weighted by Crippen LogP contribution is 2.51. The number of amides is 2. The summed E-state index contributed by atoms with van der Waals surface area (Å²) in [5.41, 5.74) is 8.16. The van der Waals surface area contributed by atoms with E-state index in [0.29, 0.717) is 5.41 Å². The number of primary amides is 1. The summed E-state index contributed by atoms with van der Waals surface area (Å²) < 4.78 is 0. The van der Waals surface area contributed by atoms with Crippen molar-refractivity contribution >= 4 is 17.5 Å². The first-order chi connectivity index (χ1) is 13.6. The molecule has 2 N–H and O–H groups in total. The van der Waals surface area contributed by atoms with Crippen molar-refractivity contribution in [1.29, 1.82) is 0 Å². The summed E-state index contributed by atoms with van der Waals surface area (Å²) in [7, 11) is 0. The molecule has 6 nitrogen and oxygen atoms in total. The van der Waals surface area contributed by atoms with E-state index in [-0.39, 0.29) is 11.9 Å². The molecule has 0 spiro atoms. The summed E-state index contributed by atoms with van der Waals surface area (Å²) in [5.74, 6) is -0.421. The quantitative estimate of drug-likeness (QED) is 0.815. The van der Waals surface area contributed by atoms with Crippen molar-refractivity contribution in [1.82, 2.24) is 9.80 Å². The van der Waals surface area contributed by atoms with Crippen molar-refractivity contribution in [3.05, 3.63) is 29.8 Å². The second-order valence-corrected chi connectivity index (χ2v) is 9.01. The fourth-order valence-corrected chi connectivity index (χ4v) is 5.52. The van der Waals surface area contributed by atoms with E-state index in [2.05, 4.69) is 17.0 Å². The van der Waals surface area contributed by atoms with Crippen LogP contribution in [0.1, 0.15) is 50.5 Å². The van der Waals surface area contributed by atoms with Gasteiger partial charge in [0.2, 0.25) is 5.91 Å². The number of hydrogen-bond donors (Lipinski definition) is 1. The van der Waals surface area contributed by atoms with Gasteiger partial charge in [-0.25, -0.2) is 0 Å². The molecule has 6 heteroatoms. The van der Waals surface area contributed by atoms with E-state index in [9.17, 15) is 9.59 Å². The Kier molecular flexibility index (Phi) is 4.43. The van der Waals surface area contributed by atoms with Crippen LogP contribution in [0.3, 0.4) is 0 Å². The maximum atomic E-state index is 12.9. The summed E-state index contributed by atoms with van der Waals surface area (Å²) in [6.07, 6.45) is 7.52. The fraction of sp³-hybridized carbons (Fsp3) is 0.636. The Hall–Kier alpha value is -1.92. The van der Waals surface area contributed by atoms with Gasteiger partial charge in [0.05, 0.1) is 6.04 Å². The van der Waals surface area contributed by atoms with Gasteiger partial charge in [-0.3, -0.25) is 19.4 Å². The van der Waals surface area contributed by atoms with Crippen molar-refractivity contribution in [2.75, 3.05) is 31.1 Å². The Labute approximate surface area is 166 Å². The first kappa shape index (κ1) is 18.1. The summed E-state index contributed by atoms with van der Waals surface area (Å²) in [5, 5.41) is 0. The van der Waals surface area contributed by atoms with Crippen LogP contribution >= 0.6 is 0 Å². The molecule has 1 saturated carbocycles. The van der Waals surface area contributed by atoms with Crippen LogP contribution in [0.4, 0.5) is 5.69 Å². The zero-order valence-electron chi connectivity index (χ0n) is 16.5. The third-order valence-corrected chi connectivity index (χ3v) is 7.35. The monoisotopic (exact) mass is 382 g/mol. The van der Waals surface area contributed by atoms with Gasteiger partial charge in [0, 0.05) is 12.2 Å². The molecule has 4 aliphatic rings. The first-order valence-corrected chi connectivity index (χ1v) is 10.8. The zero-order chi connectivity index (χ0) is 19.3. The van der Waals surface area contributed by atoms with Crippen molar-refractivity contribution < 1.29 is 9.59 Å². The maximum Gasteiger partial charge on any atom is 0.255 e. The lowest BCUT2D eigenvalue weighted by molar-refractivity contribution is -0.122. The highest BCUT2D eigenvalue weighted by Gasteiger charge is 2.51. The molecule has 0 bridgehead atoms. The van der Waals surface area contributed by atoms with Gasteiger partial charge in [0.15, 0.2) is 6.17 Å². The largest absolute Gasteiger partial charge is 0.367 e. The normalized spacial score (nSPS) is 29.4. The molecule has 1 aromatic carbocycles. The molecule has 150 valence electrons. The van der Waals surface area contributed by atoms with Gasteiger partial charge in [0.25, 0.3) is 5.91 Å². The smallest absolute Gasteiger partial charge is 0.255 e. The molecule has 3 heterocycles. The molecule has 0 aromatic heterocycles. The SMILES string of the molecule is NC(=O)C1N(c2ccc(C3(CCN4CCCC4)CC3)cc2)C(=O)[C@@H]2CCCN12. The maximum absolute atomic E-state index is 12.9. The van der Waals surface area contributed by atoms with E-state index >= 15 is 0 Å². The van der Waals surface area contributed by atoms with E-state index in [0.717, 1.165) is 25.1 Å². The minimum Gasteiger partial charge on any atom is -0.367 e. The summed E-state index contributed by atoms with van der Waals surface area (Å²) in [6.45, 7) is 4.45. The standard InChI is InChI=1S/C22H30N4O2/c23-19(27)20-25-14-3-4-18(25)21(28)26(20)17-7-5-16(6-8-17)22(9-10-22)11-15-24-12-1-2-13-24/h5-8,18,20H,1-4,9-15H2,(H2,23,27)/t18-,20?/m0/s1. The average Bonchev–Trinajstić information content (AvgIpc) is 3.04. The third kappa shape index (κ3) is 2.94. The Bertz CT molecular complexity index is 767. The number of nitrogens with two attached hydrogens (primary N) is 1. The molecule has 2 atom stereocenters. The Morgan fingerprint density at radius 2 is 1.79 bits per heavy atom. The average molecular weight is 383 g/mol. The second-order valence-electron chi connectivity index (χ2n) is 9.01. The molecule has 3 saturated heterocycles. The summed E-state index contributed by atoms with van der Waals surface area (Å²) in [6, 6.07) is 8.18. The van der Waals surface area contributed by atoms with E-state index in [4.69, 9.17) is 5.73 Å². The molecule has 1 aliphatic carbocycles. The molecule has 1 aromatic rings. The minimum absolute atomic E-state index is 0.0178. The van der Waals surface area contributed by atoms with Crippen LogP contribution in [0.25, 0.3) is 0 Å². The number of fused-ring (bicyclic) bond motifs is 1. The van der Waals surface area contributed by atoms with E-state index in [1.54, 1.807) is 4.90 Å². The molecule has 5 rings (SSSR count).